The van der Waals surface area contributed by atoms with Crippen molar-refractivity contribution in [3.05, 3.63) is 34.9 Å². The first kappa shape index (κ1) is 13.3. The number of rotatable bonds is 5. The van der Waals surface area contributed by atoms with Crippen LogP contribution in [-0.4, -0.2) is 40.0 Å². The van der Waals surface area contributed by atoms with Crippen LogP contribution in [0.3, 0.4) is 0 Å². The van der Waals surface area contributed by atoms with E-state index in [0.29, 0.717) is 5.65 Å². The summed E-state index contributed by atoms with van der Waals surface area (Å²) >= 11 is 0. The lowest BCUT2D eigenvalue weighted by molar-refractivity contribution is -0.154. The topological polar surface area (TPSA) is 74.8 Å². The molecule has 0 aliphatic carbocycles. The number of carbonyl (C=O) groups excluding carboxylic acids is 1. The van der Waals surface area contributed by atoms with E-state index in [2.05, 4.69) is 5.10 Å². The quantitative estimate of drug-likeness (QED) is 0.715. The molecule has 2 aromatic rings. The molecule has 1 atom stereocenters. The van der Waals surface area contributed by atoms with Crippen LogP contribution >= 0.6 is 0 Å². The van der Waals surface area contributed by atoms with Crippen molar-refractivity contribution in [3.8, 4) is 0 Å². The first-order valence-corrected chi connectivity index (χ1v) is 5.87. The van der Waals surface area contributed by atoms with E-state index in [9.17, 15) is 9.59 Å². The molecule has 102 valence electrons. The van der Waals surface area contributed by atoms with E-state index >= 15 is 0 Å². The van der Waals surface area contributed by atoms with Crippen LogP contribution in [0.25, 0.3) is 5.65 Å². The highest BCUT2D eigenvalue weighted by Gasteiger charge is 2.13. The predicted molar refractivity (Wildman–Crippen MR) is 66.9 cm³/mol. The molecule has 7 nitrogen and oxygen atoms in total. The Morgan fingerprint density at radius 3 is 2.95 bits per heavy atom. The van der Waals surface area contributed by atoms with Gasteiger partial charge in [-0.05, 0) is 19.1 Å². The van der Waals surface area contributed by atoms with Crippen LogP contribution in [-0.2, 0) is 20.8 Å². The highest BCUT2D eigenvalue weighted by molar-refractivity contribution is 5.74. The Morgan fingerprint density at radius 1 is 1.47 bits per heavy atom. The molecular formula is C12H15N3O4. The number of carbonyl (C=O) groups is 1. The van der Waals surface area contributed by atoms with Gasteiger partial charge in [-0.3, -0.25) is 4.40 Å². The third-order valence-corrected chi connectivity index (χ3v) is 2.72. The largest absolute Gasteiger partial charge is 0.462 e. The monoisotopic (exact) mass is 265 g/mol. The van der Waals surface area contributed by atoms with Crippen LogP contribution in [0.1, 0.15) is 6.92 Å². The van der Waals surface area contributed by atoms with Crippen molar-refractivity contribution >= 4 is 11.6 Å². The van der Waals surface area contributed by atoms with Crippen molar-refractivity contribution in [2.75, 3.05) is 13.7 Å². The van der Waals surface area contributed by atoms with Crippen LogP contribution < -0.4 is 5.69 Å². The Balaban J connectivity index is 2.01. The van der Waals surface area contributed by atoms with Gasteiger partial charge >= 0.3 is 11.7 Å². The van der Waals surface area contributed by atoms with Gasteiger partial charge in [0.05, 0.1) is 6.54 Å². The number of methoxy groups -OCH3 is 1. The first-order valence-electron chi connectivity index (χ1n) is 5.87. The number of hydrogen-bond acceptors (Lipinski definition) is 5. The number of aromatic nitrogens is 3. The maximum Gasteiger partial charge on any atom is 0.350 e. The molecule has 0 saturated heterocycles. The summed E-state index contributed by atoms with van der Waals surface area (Å²) in [7, 11) is 1.43. The van der Waals surface area contributed by atoms with Gasteiger partial charge in [0.1, 0.15) is 6.61 Å². The summed E-state index contributed by atoms with van der Waals surface area (Å²) in [5.74, 6) is -0.459. The van der Waals surface area contributed by atoms with E-state index in [1.54, 1.807) is 31.3 Å². The van der Waals surface area contributed by atoms with Crippen LogP contribution in [0.4, 0.5) is 0 Å². The zero-order valence-electron chi connectivity index (χ0n) is 10.8. The predicted octanol–water partition coefficient (Wildman–Crippen LogP) is 0.0741. The summed E-state index contributed by atoms with van der Waals surface area (Å²) < 4.78 is 12.5. The highest BCUT2D eigenvalue weighted by Crippen LogP contribution is 1.96. The lowest BCUT2D eigenvalue weighted by atomic mass is 10.4. The molecule has 2 aromatic heterocycles. The number of hydrogen-bond donors (Lipinski definition) is 0. The van der Waals surface area contributed by atoms with Gasteiger partial charge in [-0.2, -0.15) is 0 Å². The van der Waals surface area contributed by atoms with E-state index in [4.69, 9.17) is 9.47 Å². The van der Waals surface area contributed by atoms with Crippen molar-refractivity contribution in [3.63, 3.8) is 0 Å². The van der Waals surface area contributed by atoms with Gasteiger partial charge in [0, 0.05) is 13.3 Å². The van der Waals surface area contributed by atoms with Gasteiger partial charge in [0.25, 0.3) is 0 Å². The molecule has 0 aliphatic heterocycles. The molecule has 2 heterocycles. The Kier molecular flexibility index (Phi) is 3.96. The van der Waals surface area contributed by atoms with E-state index < -0.39 is 12.1 Å². The van der Waals surface area contributed by atoms with Crippen molar-refractivity contribution < 1.29 is 14.3 Å². The maximum atomic E-state index is 11.9. The number of ether oxygens (including phenoxy) is 2. The van der Waals surface area contributed by atoms with Gasteiger partial charge in [-0.25, -0.2) is 14.3 Å². The summed E-state index contributed by atoms with van der Waals surface area (Å²) in [5.41, 5.74) is 0.301. The second kappa shape index (κ2) is 5.66. The maximum absolute atomic E-state index is 11.9. The summed E-state index contributed by atoms with van der Waals surface area (Å²) in [6.45, 7) is 1.89. The number of nitrogens with zero attached hydrogens (tertiary/aromatic N) is 3. The Morgan fingerprint density at radius 2 is 2.26 bits per heavy atom. The molecule has 2 rings (SSSR count). The minimum absolute atomic E-state index is 0.0797. The molecule has 7 heteroatoms. The fourth-order valence-corrected chi connectivity index (χ4v) is 1.56. The number of fused-ring (bicyclic) bond motifs is 1. The van der Waals surface area contributed by atoms with Gasteiger partial charge in [-0.15, -0.1) is 5.10 Å². The number of pyridine rings is 1. The number of esters is 1. The second-order valence-corrected chi connectivity index (χ2v) is 3.98. The third-order valence-electron chi connectivity index (χ3n) is 2.72. The van der Waals surface area contributed by atoms with E-state index in [1.807, 2.05) is 0 Å². The zero-order chi connectivity index (χ0) is 13.8. The highest BCUT2D eigenvalue weighted by atomic mass is 16.6. The fraction of sp³-hybridized carbons (Fsp3) is 0.417. The van der Waals surface area contributed by atoms with Crippen molar-refractivity contribution in [1.82, 2.24) is 14.2 Å². The molecule has 0 saturated carbocycles. The molecule has 0 aliphatic rings. The molecule has 19 heavy (non-hydrogen) atoms. The van der Waals surface area contributed by atoms with E-state index in [0.717, 1.165) is 0 Å². The molecule has 0 spiro atoms. The normalized spacial score (nSPS) is 12.5. The van der Waals surface area contributed by atoms with Gasteiger partial charge in [0.15, 0.2) is 11.8 Å². The molecule has 0 unspecified atom stereocenters. The second-order valence-electron chi connectivity index (χ2n) is 3.98. The smallest absolute Gasteiger partial charge is 0.350 e. The third kappa shape index (κ3) is 2.82. The Hall–Kier alpha value is -2.15. The van der Waals surface area contributed by atoms with E-state index in [1.165, 1.54) is 16.2 Å². The van der Waals surface area contributed by atoms with Crippen molar-refractivity contribution in [2.24, 2.45) is 0 Å². The fourth-order valence-electron chi connectivity index (χ4n) is 1.56. The average Bonchev–Trinajstić information content (AvgIpc) is 2.75. The van der Waals surface area contributed by atoms with Gasteiger partial charge in [0.2, 0.25) is 0 Å². The summed E-state index contributed by atoms with van der Waals surface area (Å²) in [5, 5.41) is 4.12. The van der Waals surface area contributed by atoms with Crippen LogP contribution in [0, 0.1) is 0 Å². The zero-order valence-corrected chi connectivity index (χ0v) is 10.8. The SMILES string of the molecule is CO[C@H](C)C(=O)OCCn1nc2ccccn2c1=O. The van der Waals surface area contributed by atoms with Gasteiger partial charge < -0.3 is 9.47 Å². The van der Waals surface area contributed by atoms with Crippen LogP contribution in [0.15, 0.2) is 29.2 Å². The Bertz CT molecular complexity index is 631. The Labute approximate surface area is 109 Å². The summed E-state index contributed by atoms with van der Waals surface area (Å²) in [6, 6.07) is 5.28. The van der Waals surface area contributed by atoms with Crippen molar-refractivity contribution in [1.29, 1.82) is 0 Å². The molecule has 0 bridgehead atoms. The minimum atomic E-state index is -0.613. The summed E-state index contributed by atoms with van der Waals surface area (Å²) in [4.78, 5) is 23.3. The minimum Gasteiger partial charge on any atom is -0.462 e. The van der Waals surface area contributed by atoms with Gasteiger partial charge in [-0.1, -0.05) is 6.07 Å². The molecule has 0 amide bonds. The summed E-state index contributed by atoms with van der Waals surface area (Å²) in [6.07, 6.45) is 1.03. The molecule has 0 aromatic carbocycles. The molecule has 0 radical (unpaired) electrons. The van der Waals surface area contributed by atoms with E-state index in [-0.39, 0.29) is 18.8 Å². The molecule has 0 N–H and O–H groups in total. The van der Waals surface area contributed by atoms with Crippen LogP contribution in [0.2, 0.25) is 0 Å². The molecule has 0 fully saturated rings. The van der Waals surface area contributed by atoms with Crippen LogP contribution in [0.5, 0.6) is 0 Å². The van der Waals surface area contributed by atoms with Crippen molar-refractivity contribution in [2.45, 2.75) is 19.6 Å². The first-order chi connectivity index (χ1) is 9.13. The lowest BCUT2D eigenvalue weighted by Crippen LogP contribution is -2.27. The standard InChI is InChI=1S/C12H15N3O4/c1-9(18-2)11(16)19-8-7-15-12(17)14-6-4-3-5-10(14)13-15/h3-6,9H,7-8H2,1-2H3/t9-/m1/s1. The molecular weight excluding hydrogens is 250 g/mol. The lowest BCUT2D eigenvalue weighted by Gasteiger charge is -2.08. The average molecular weight is 265 g/mol.